The molecule has 94 valence electrons. The maximum atomic E-state index is 12.6. The van der Waals surface area contributed by atoms with Gasteiger partial charge < -0.3 is 5.32 Å². The van der Waals surface area contributed by atoms with Crippen LogP contribution in [0, 0.1) is 17.3 Å². The van der Waals surface area contributed by atoms with E-state index >= 15 is 0 Å². The Morgan fingerprint density at radius 3 is 2.79 bits per heavy atom. The first-order valence-corrected chi connectivity index (χ1v) is 5.60. The molecule has 1 aromatic carbocycles. The summed E-state index contributed by atoms with van der Waals surface area (Å²) < 4.78 is 12.6. The van der Waals surface area contributed by atoms with Crippen molar-refractivity contribution in [2.24, 2.45) is 0 Å². The lowest BCUT2D eigenvalue weighted by Gasteiger charge is -2.07. The molecule has 0 aliphatic carbocycles. The predicted octanol–water partition coefficient (Wildman–Crippen LogP) is 3.00. The maximum Gasteiger partial charge on any atom is 0.257 e. The van der Waals surface area contributed by atoms with Gasteiger partial charge in [0.25, 0.3) is 5.91 Å². The van der Waals surface area contributed by atoms with E-state index in [4.69, 9.17) is 16.9 Å². The molecule has 1 amide bonds. The van der Waals surface area contributed by atoms with E-state index in [0.29, 0.717) is 16.3 Å². The average Bonchev–Trinajstić information content (AvgIpc) is 2.42. The van der Waals surface area contributed by atoms with Crippen LogP contribution in [0.2, 0.25) is 5.02 Å². The van der Waals surface area contributed by atoms with Crippen molar-refractivity contribution in [1.29, 1.82) is 5.26 Å². The molecule has 6 heteroatoms. The zero-order valence-corrected chi connectivity index (χ0v) is 10.3. The molecule has 0 radical (unpaired) electrons. The standard InChI is InChI=1S/C13H7ClFN3O/c14-10-3-1-8(6-16)5-11(10)18-13(19)9-2-4-12(15)17-7-9/h1-5,7H,(H,18,19). The number of halogens is 2. The molecule has 0 aliphatic rings. The van der Waals surface area contributed by atoms with Crippen molar-refractivity contribution in [3.05, 3.63) is 58.6 Å². The van der Waals surface area contributed by atoms with Crippen molar-refractivity contribution in [3.63, 3.8) is 0 Å². The van der Waals surface area contributed by atoms with Crippen molar-refractivity contribution >= 4 is 23.2 Å². The number of carbonyl (C=O) groups excluding carboxylic acids is 1. The third-order valence-electron chi connectivity index (χ3n) is 2.33. The molecule has 1 heterocycles. The summed E-state index contributed by atoms with van der Waals surface area (Å²) in [5.41, 5.74) is 0.881. The summed E-state index contributed by atoms with van der Waals surface area (Å²) >= 11 is 5.91. The fourth-order valence-corrected chi connectivity index (χ4v) is 1.56. The molecule has 0 aliphatic heterocycles. The molecule has 0 saturated carbocycles. The van der Waals surface area contributed by atoms with Crippen LogP contribution in [0.4, 0.5) is 10.1 Å². The molecule has 0 spiro atoms. The highest BCUT2D eigenvalue weighted by molar-refractivity contribution is 6.34. The predicted molar refractivity (Wildman–Crippen MR) is 68.3 cm³/mol. The molecule has 0 unspecified atom stereocenters. The number of anilines is 1. The topological polar surface area (TPSA) is 65.8 Å². The molecule has 4 nitrogen and oxygen atoms in total. The number of nitrogens with one attached hydrogen (secondary N) is 1. The van der Waals surface area contributed by atoms with E-state index in [1.807, 2.05) is 6.07 Å². The Bertz CT molecular complexity index is 665. The first-order valence-electron chi connectivity index (χ1n) is 5.22. The fourth-order valence-electron chi connectivity index (χ4n) is 1.40. The minimum Gasteiger partial charge on any atom is -0.321 e. The van der Waals surface area contributed by atoms with Crippen molar-refractivity contribution in [2.75, 3.05) is 5.32 Å². The summed E-state index contributed by atoms with van der Waals surface area (Å²) in [6.07, 6.45) is 1.12. The number of carbonyl (C=O) groups is 1. The number of nitrogens with zero attached hydrogens (tertiary/aromatic N) is 2. The number of amides is 1. The SMILES string of the molecule is N#Cc1ccc(Cl)c(NC(=O)c2ccc(F)nc2)c1. The van der Waals surface area contributed by atoms with E-state index in [0.717, 1.165) is 12.3 Å². The van der Waals surface area contributed by atoms with E-state index in [9.17, 15) is 9.18 Å². The van der Waals surface area contributed by atoms with Crippen LogP contribution in [0.3, 0.4) is 0 Å². The Balaban J connectivity index is 2.24. The van der Waals surface area contributed by atoms with Gasteiger partial charge in [0, 0.05) is 6.20 Å². The normalized spacial score (nSPS) is 9.74. The smallest absolute Gasteiger partial charge is 0.257 e. The van der Waals surface area contributed by atoms with Crippen LogP contribution in [-0.2, 0) is 0 Å². The van der Waals surface area contributed by atoms with E-state index in [1.165, 1.54) is 24.3 Å². The second-order valence-electron chi connectivity index (χ2n) is 3.63. The van der Waals surface area contributed by atoms with Crippen LogP contribution in [0.15, 0.2) is 36.5 Å². The quantitative estimate of drug-likeness (QED) is 0.857. The van der Waals surface area contributed by atoms with Gasteiger partial charge in [-0.05, 0) is 30.3 Å². The van der Waals surface area contributed by atoms with Gasteiger partial charge in [-0.15, -0.1) is 0 Å². The first-order chi connectivity index (χ1) is 9.10. The van der Waals surface area contributed by atoms with Gasteiger partial charge in [0.05, 0.1) is 27.9 Å². The summed E-state index contributed by atoms with van der Waals surface area (Å²) in [6, 6.07) is 8.84. The number of aromatic nitrogens is 1. The Kier molecular flexibility index (Phi) is 3.74. The van der Waals surface area contributed by atoms with E-state index in [1.54, 1.807) is 0 Å². The van der Waals surface area contributed by atoms with Crippen LogP contribution in [0.25, 0.3) is 0 Å². The number of pyridine rings is 1. The van der Waals surface area contributed by atoms with Crippen molar-refractivity contribution < 1.29 is 9.18 Å². The monoisotopic (exact) mass is 275 g/mol. The Labute approximate surface area is 113 Å². The third-order valence-corrected chi connectivity index (χ3v) is 2.66. The Morgan fingerprint density at radius 2 is 2.16 bits per heavy atom. The van der Waals surface area contributed by atoms with E-state index in [-0.39, 0.29) is 5.56 Å². The molecule has 2 rings (SSSR count). The molecule has 2 aromatic rings. The number of benzene rings is 1. The zero-order chi connectivity index (χ0) is 13.8. The van der Waals surface area contributed by atoms with Gasteiger partial charge in [-0.3, -0.25) is 4.79 Å². The summed E-state index contributed by atoms with van der Waals surface area (Å²) in [7, 11) is 0. The van der Waals surface area contributed by atoms with Crippen LogP contribution in [0.5, 0.6) is 0 Å². The van der Waals surface area contributed by atoms with Crippen molar-refractivity contribution in [1.82, 2.24) is 4.98 Å². The highest BCUT2D eigenvalue weighted by Crippen LogP contribution is 2.23. The number of hydrogen-bond donors (Lipinski definition) is 1. The Morgan fingerprint density at radius 1 is 1.37 bits per heavy atom. The molecule has 0 bridgehead atoms. The van der Waals surface area contributed by atoms with Gasteiger partial charge in [0.1, 0.15) is 0 Å². The minimum absolute atomic E-state index is 0.194. The molecule has 1 aromatic heterocycles. The summed E-state index contributed by atoms with van der Waals surface area (Å²) in [5, 5.41) is 11.6. The average molecular weight is 276 g/mol. The lowest BCUT2D eigenvalue weighted by Crippen LogP contribution is -2.12. The van der Waals surface area contributed by atoms with Crippen LogP contribution < -0.4 is 5.32 Å². The van der Waals surface area contributed by atoms with Gasteiger partial charge in [-0.2, -0.15) is 9.65 Å². The first kappa shape index (κ1) is 13.0. The maximum absolute atomic E-state index is 12.6. The van der Waals surface area contributed by atoms with Gasteiger partial charge in [-0.25, -0.2) is 4.98 Å². The summed E-state index contributed by atoms with van der Waals surface area (Å²) in [5.74, 6) is -1.15. The summed E-state index contributed by atoms with van der Waals surface area (Å²) in [6.45, 7) is 0. The molecule has 0 saturated heterocycles. The van der Waals surface area contributed by atoms with Crippen molar-refractivity contribution in [2.45, 2.75) is 0 Å². The number of rotatable bonds is 2. The largest absolute Gasteiger partial charge is 0.321 e. The van der Waals surface area contributed by atoms with Crippen LogP contribution in [-0.4, -0.2) is 10.9 Å². The highest BCUT2D eigenvalue weighted by Gasteiger charge is 2.09. The zero-order valence-electron chi connectivity index (χ0n) is 9.52. The molecule has 0 fully saturated rings. The lowest BCUT2D eigenvalue weighted by atomic mass is 10.2. The third kappa shape index (κ3) is 3.06. The Hall–Kier alpha value is -2.45. The molecule has 1 N–H and O–H groups in total. The van der Waals surface area contributed by atoms with Gasteiger partial charge in [0.15, 0.2) is 0 Å². The van der Waals surface area contributed by atoms with Crippen LogP contribution >= 0.6 is 11.6 Å². The van der Waals surface area contributed by atoms with Gasteiger partial charge in [-0.1, -0.05) is 11.6 Å². The molecule has 19 heavy (non-hydrogen) atoms. The number of hydrogen-bond acceptors (Lipinski definition) is 3. The molecular formula is C13H7ClFN3O. The molecule has 0 atom stereocenters. The fraction of sp³-hybridized carbons (Fsp3) is 0. The van der Waals surface area contributed by atoms with E-state index in [2.05, 4.69) is 10.3 Å². The lowest BCUT2D eigenvalue weighted by molar-refractivity contribution is 0.102. The van der Waals surface area contributed by atoms with Gasteiger partial charge in [0.2, 0.25) is 5.95 Å². The summed E-state index contributed by atoms with van der Waals surface area (Å²) in [4.78, 5) is 15.2. The minimum atomic E-state index is -0.666. The number of nitriles is 1. The second-order valence-corrected chi connectivity index (χ2v) is 4.04. The molecular weight excluding hydrogens is 269 g/mol. The van der Waals surface area contributed by atoms with Gasteiger partial charge >= 0.3 is 0 Å². The highest BCUT2D eigenvalue weighted by atomic mass is 35.5. The second kappa shape index (κ2) is 5.46. The van der Waals surface area contributed by atoms with Crippen LogP contribution in [0.1, 0.15) is 15.9 Å². The van der Waals surface area contributed by atoms with Crippen molar-refractivity contribution in [3.8, 4) is 6.07 Å². The van der Waals surface area contributed by atoms with E-state index < -0.39 is 11.9 Å².